The van der Waals surface area contributed by atoms with Gasteiger partial charge >= 0.3 is 0 Å². The van der Waals surface area contributed by atoms with Crippen LogP contribution >= 0.6 is 0 Å². The third-order valence-corrected chi connectivity index (χ3v) is 7.90. The van der Waals surface area contributed by atoms with Gasteiger partial charge in [-0.05, 0) is 42.8 Å². The van der Waals surface area contributed by atoms with Gasteiger partial charge in [-0.2, -0.15) is 0 Å². The van der Waals surface area contributed by atoms with Gasteiger partial charge in [-0.1, -0.05) is 32.9 Å². The maximum absolute atomic E-state index is 13.6. The van der Waals surface area contributed by atoms with E-state index in [1.54, 1.807) is 0 Å². The Morgan fingerprint density at radius 1 is 1.22 bits per heavy atom. The maximum Gasteiger partial charge on any atom is 0.250 e. The van der Waals surface area contributed by atoms with Crippen LogP contribution in [0, 0.1) is 5.82 Å². The van der Waals surface area contributed by atoms with Gasteiger partial charge in [0.2, 0.25) is 8.32 Å². The van der Waals surface area contributed by atoms with Crippen molar-refractivity contribution in [1.29, 1.82) is 0 Å². The van der Waals surface area contributed by atoms with Crippen LogP contribution in [-0.4, -0.2) is 8.32 Å². The van der Waals surface area contributed by atoms with Crippen molar-refractivity contribution in [3.05, 3.63) is 36.2 Å². The zero-order valence-electron chi connectivity index (χ0n) is 12.2. The molecule has 1 aromatic rings. The van der Waals surface area contributed by atoms with Crippen LogP contribution in [-0.2, 0) is 0 Å². The molecule has 0 saturated carbocycles. The molecule has 0 aromatic heterocycles. The van der Waals surface area contributed by atoms with Crippen molar-refractivity contribution in [2.45, 2.75) is 45.8 Å². The monoisotopic (exact) mass is 266 g/mol. The minimum atomic E-state index is -1.92. The SMILES string of the molecule is C=C(C)c1cc(F)cc(O[Si](C)(C)C(C)(C)C)c1. The van der Waals surface area contributed by atoms with Gasteiger partial charge in [-0.15, -0.1) is 0 Å². The van der Waals surface area contributed by atoms with Gasteiger partial charge in [0, 0.05) is 6.07 Å². The molecule has 0 bridgehead atoms. The van der Waals surface area contributed by atoms with Crippen LogP contribution in [0.2, 0.25) is 18.1 Å². The van der Waals surface area contributed by atoms with Crippen molar-refractivity contribution in [2.75, 3.05) is 0 Å². The van der Waals surface area contributed by atoms with Crippen molar-refractivity contribution < 1.29 is 8.82 Å². The van der Waals surface area contributed by atoms with Gasteiger partial charge in [0.25, 0.3) is 0 Å². The molecule has 0 aliphatic carbocycles. The third-order valence-electron chi connectivity index (χ3n) is 3.54. The molecule has 18 heavy (non-hydrogen) atoms. The number of allylic oxidation sites excluding steroid dienone is 1. The Morgan fingerprint density at radius 2 is 1.78 bits per heavy atom. The average molecular weight is 266 g/mol. The Kier molecular flexibility index (Phi) is 4.06. The van der Waals surface area contributed by atoms with E-state index in [2.05, 4.69) is 40.4 Å². The number of rotatable bonds is 3. The van der Waals surface area contributed by atoms with Crippen molar-refractivity contribution in [3.8, 4) is 5.75 Å². The van der Waals surface area contributed by atoms with Crippen LogP contribution in [0.15, 0.2) is 24.8 Å². The standard InChI is InChI=1S/C15H23FOSi/c1-11(2)12-8-13(16)10-14(9-12)17-18(6,7)15(3,4)5/h8-10H,1H2,2-7H3. The predicted octanol–water partition coefficient (Wildman–Crippen LogP) is 5.24. The van der Waals surface area contributed by atoms with E-state index in [9.17, 15) is 4.39 Å². The lowest BCUT2D eigenvalue weighted by molar-refractivity contribution is 0.487. The molecule has 1 nitrogen and oxygen atoms in total. The van der Waals surface area contributed by atoms with Crippen molar-refractivity contribution in [3.63, 3.8) is 0 Å². The first-order valence-corrected chi connectivity index (χ1v) is 9.09. The van der Waals surface area contributed by atoms with Crippen molar-refractivity contribution in [2.24, 2.45) is 0 Å². The topological polar surface area (TPSA) is 9.23 Å². The first kappa shape index (κ1) is 15.0. The fraction of sp³-hybridized carbons (Fsp3) is 0.467. The smallest absolute Gasteiger partial charge is 0.250 e. The van der Waals surface area contributed by atoms with Gasteiger partial charge in [0.05, 0.1) is 0 Å². The molecule has 0 fully saturated rings. The van der Waals surface area contributed by atoms with Gasteiger partial charge in [-0.25, -0.2) is 4.39 Å². The highest BCUT2D eigenvalue weighted by molar-refractivity contribution is 6.74. The fourth-order valence-electron chi connectivity index (χ4n) is 1.32. The van der Waals surface area contributed by atoms with Crippen LogP contribution < -0.4 is 4.43 Å². The maximum atomic E-state index is 13.6. The lowest BCUT2D eigenvalue weighted by Gasteiger charge is -2.36. The quantitative estimate of drug-likeness (QED) is 0.680. The van der Waals surface area contributed by atoms with E-state index in [1.165, 1.54) is 12.1 Å². The number of hydrogen-bond donors (Lipinski definition) is 0. The zero-order valence-corrected chi connectivity index (χ0v) is 13.2. The number of hydrogen-bond acceptors (Lipinski definition) is 1. The molecule has 0 aliphatic heterocycles. The minimum absolute atomic E-state index is 0.0999. The van der Waals surface area contributed by atoms with Crippen LogP contribution in [0.4, 0.5) is 4.39 Å². The molecule has 0 atom stereocenters. The number of halogens is 1. The van der Waals surface area contributed by atoms with Crippen LogP contribution in [0.3, 0.4) is 0 Å². The molecule has 1 aromatic carbocycles. The lowest BCUT2D eigenvalue weighted by atomic mass is 10.1. The molecule has 0 radical (unpaired) electrons. The second-order valence-electron chi connectivity index (χ2n) is 6.32. The second kappa shape index (κ2) is 4.88. The van der Waals surface area contributed by atoms with E-state index < -0.39 is 8.32 Å². The molecular weight excluding hydrogens is 243 g/mol. The summed E-state index contributed by atoms with van der Waals surface area (Å²) >= 11 is 0. The first-order chi connectivity index (χ1) is 8.03. The molecule has 0 amide bonds. The van der Waals surface area contributed by atoms with Crippen LogP contribution in [0.25, 0.3) is 5.57 Å². The molecule has 0 spiro atoms. The Labute approximate surface area is 111 Å². The Balaban J connectivity index is 3.09. The van der Waals surface area contributed by atoms with E-state index >= 15 is 0 Å². The van der Waals surface area contributed by atoms with Gasteiger partial charge in [0.1, 0.15) is 11.6 Å². The summed E-state index contributed by atoms with van der Waals surface area (Å²) in [6.45, 7) is 16.5. The summed E-state index contributed by atoms with van der Waals surface area (Å²) in [7, 11) is -1.92. The van der Waals surface area contributed by atoms with Crippen LogP contribution in [0.5, 0.6) is 5.75 Å². The molecule has 0 heterocycles. The molecule has 1 rings (SSSR count). The largest absolute Gasteiger partial charge is 0.543 e. The van der Waals surface area contributed by atoms with Crippen molar-refractivity contribution >= 4 is 13.9 Å². The predicted molar refractivity (Wildman–Crippen MR) is 78.9 cm³/mol. The molecule has 0 unspecified atom stereocenters. The van der Waals surface area contributed by atoms with Gasteiger partial charge in [0.15, 0.2) is 0 Å². The zero-order chi connectivity index (χ0) is 14.1. The summed E-state index contributed by atoms with van der Waals surface area (Å²) in [5.41, 5.74) is 1.64. The molecule has 100 valence electrons. The first-order valence-electron chi connectivity index (χ1n) is 6.18. The van der Waals surface area contributed by atoms with E-state index in [1.807, 2.05) is 13.0 Å². The van der Waals surface area contributed by atoms with E-state index in [-0.39, 0.29) is 10.9 Å². The second-order valence-corrected chi connectivity index (χ2v) is 11.0. The van der Waals surface area contributed by atoms with Gasteiger partial charge < -0.3 is 4.43 Å². The lowest BCUT2D eigenvalue weighted by Crippen LogP contribution is -2.43. The molecular formula is C15H23FOSi. The summed E-state index contributed by atoms with van der Waals surface area (Å²) in [6, 6.07) is 4.81. The third kappa shape index (κ3) is 3.45. The Bertz CT molecular complexity index is 458. The Hall–Kier alpha value is -1.09. The summed E-state index contributed by atoms with van der Waals surface area (Å²) in [4.78, 5) is 0. The average Bonchev–Trinajstić information content (AvgIpc) is 2.13. The molecule has 3 heteroatoms. The highest BCUT2D eigenvalue weighted by atomic mass is 28.4. The molecule has 0 aliphatic rings. The van der Waals surface area contributed by atoms with E-state index in [4.69, 9.17) is 4.43 Å². The summed E-state index contributed by atoms with van der Waals surface area (Å²) in [6.07, 6.45) is 0. The summed E-state index contributed by atoms with van der Waals surface area (Å²) in [5.74, 6) is 0.337. The highest BCUT2D eigenvalue weighted by Crippen LogP contribution is 2.37. The number of benzene rings is 1. The normalized spacial score (nSPS) is 12.4. The van der Waals surface area contributed by atoms with Crippen molar-refractivity contribution in [1.82, 2.24) is 0 Å². The summed E-state index contributed by atoms with van der Waals surface area (Å²) < 4.78 is 19.6. The fourth-order valence-corrected chi connectivity index (χ4v) is 2.33. The molecule has 0 saturated heterocycles. The van der Waals surface area contributed by atoms with E-state index in [0.717, 1.165) is 11.1 Å². The van der Waals surface area contributed by atoms with E-state index in [0.29, 0.717) is 5.75 Å². The Morgan fingerprint density at radius 3 is 2.22 bits per heavy atom. The summed E-state index contributed by atoms with van der Waals surface area (Å²) in [5, 5.41) is 0.0999. The molecule has 0 N–H and O–H groups in total. The minimum Gasteiger partial charge on any atom is -0.543 e. The van der Waals surface area contributed by atoms with Gasteiger partial charge in [-0.3, -0.25) is 0 Å². The van der Waals surface area contributed by atoms with Crippen LogP contribution in [0.1, 0.15) is 33.3 Å². The highest BCUT2D eigenvalue weighted by Gasteiger charge is 2.39.